The van der Waals surface area contributed by atoms with Gasteiger partial charge in [-0.05, 0) is 38.5 Å². The molecular formula is C23H34IN3O5. The van der Waals surface area contributed by atoms with Gasteiger partial charge >= 0.3 is 0 Å². The number of nitrogens with zero attached hydrogens (tertiary/aromatic N) is 1. The Bertz CT molecular complexity index is 877. The quantitative estimate of drug-likeness (QED) is 0.241. The molecule has 0 atom stereocenters. The van der Waals surface area contributed by atoms with Crippen molar-refractivity contribution in [2.75, 3.05) is 53.5 Å². The number of aliphatic imine (C=N–C) groups is 1. The predicted molar refractivity (Wildman–Crippen MR) is 139 cm³/mol. The summed E-state index contributed by atoms with van der Waals surface area (Å²) in [4.78, 5) is 4.69. The van der Waals surface area contributed by atoms with E-state index in [4.69, 9.17) is 23.7 Å². The van der Waals surface area contributed by atoms with Crippen LogP contribution in [0.4, 0.5) is 5.69 Å². The van der Waals surface area contributed by atoms with Crippen molar-refractivity contribution >= 4 is 35.6 Å². The van der Waals surface area contributed by atoms with Gasteiger partial charge in [0.15, 0.2) is 29.0 Å². The molecule has 0 aliphatic carbocycles. The van der Waals surface area contributed by atoms with Gasteiger partial charge in [0.25, 0.3) is 0 Å². The summed E-state index contributed by atoms with van der Waals surface area (Å²) in [5.74, 6) is 3.92. The highest BCUT2D eigenvalue weighted by Gasteiger charge is 2.15. The molecule has 2 N–H and O–H groups in total. The van der Waals surface area contributed by atoms with E-state index >= 15 is 0 Å². The van der Waals surface area contributed by atoms with Crippen LogP contribution in [0.25, 0.3) is 0 Å². The summed E-state index contributed by atoms with van der Waals surface area (Å²) >= 11 is 0. The average molecular weight is 559 g/mol. The molecule has 2 rings (SSSR count). The molecule has 2 aromatic carbocycles. The third-order valence-electron chi connectivity index (χ3n) is 4.51. The molecular weight excluding hydrogens is 525 g/mol. The van der Waals surface area contributed by atoms with E-state index in [2.05, 4.69) is 15.6 Å². The van der Waals surface area contributed by atoms with Gasteiger partial charge in [0.1, 0.15) is 0 Å². The Balaban J connectivity index is 0.00000512. The second-order valence-corrected chi connectivity index (χ2v) is 6.43. The molecule has 0 unspecified atom stereocenters. The molecule has 0 bridgehead atoms. The summed E-state index contributed by atoms with van der Waals surface area (Å²) in [6, 6.07) is 9.53. The third kappa shape index (κ3) is 7.25. The maximum Gasteiger partial charge on any atom is 0.203 e. The Morgan fingerprint density at radius 2 is 1.53 bits per heavy atom. The number of nitrogens with one attached hydrogen (secondary N) is 2. The Morgan fingerprint density at radius 3 is 2.12 bits per heavy atom. The predicted octanol–water partition coefficient (Wildman–Crippen LogP) is 4.36. The van der Waals surface area contributed by atoms with Gasteiger partial charge in [-0.15, -0.1) is 24.0 Å². The van der Waals surface area contributed by atoms with E-state index in [1.807, 2.05) is 44.2 Å². The SMILES string of the molecule is CCNC(=NCCc1ccc(OC)c(OC)c1OC)Nc1ccc(OCC)c(OC)c1.I. The molecule has 0 aliphatic heterocycles. The van der Waals surface area contributed by atoms with Gasteiger partial charge in [-0.25, -0.2) is 0 Å². The van der Waals surface area contributed by atoms with Crippen molar-refractivity contribution in [3.8, 4) is 28.7 Å². The minimum atomic E-state index is 0. The van der Waals surface area contributed by atoms with Gasteiger partial charge in [-0.2, -0.15) is 0 Å². The largest absolute Gasteiger partial charge is 0.493 e. The number of ether oxygens (including phenoxy) is 5. The van der Waals surface area contributed by atoms with E-state index in [-0.39, 0.29) is 24.0 Å². The molecule has 0 aromatic heterocycles. The van der Waals surface area contributed by atoms with Gasteiger partial charge in [-0.3, -0.25) is 4.99 Å². The van der Waals surface area contributed by atoms with Crippen molar-refractivity contribution in [1.82, 2.24) is 5.32 Å². The number of benzene rings is 2. The first kappa shape index (κ1) is 27.5. The van der Waals surface area contributed by atoms with Crippen LogP contribution in [0.2, 0.25) is 0 Å². The zero-order valence-electron chi connectivity index (χ0n) is 19.6. The lowest BCUT2D eigenvalue weighted by molar-refractivity contribution is 0.311. The summed E-state index contributed by atoms with van der Waals surface area (Å²) in [7, 11) is 6.44. The van der Waals surface area contributed by atoms with Crippen LogP contribution in [0.15, 0.2) is 35.3 Å². The first-order chi connectivity index (χ1) is 15.1. The topological polar surface area (TPSA) is 82.6 Å². The molecule has 2 aromatic rings. The lowest BCUT2D eigenvalue weighted by Crippen LogP contribution is -2.30. The van der Waals surface area contributed by atoms with Crippen molar-refractivity contribution in [1.29, 1.82) is 0 Å². The van der Waals surface area contributed by atoms with E-state index in [1.165, 1.54) is 0 Å². The standard InChI is InChI=1S/C23H33N3O5.HI/c1-7-24-23(26-17-10-12-18(31-8-2)20(15-17)28-4)25-14-13-16-9-11-19(27-3)22(30-6)21(16)29-5;/h9-12,15H,7-8,13-14H2,1-6H3,(H2,24,25,26);1H. The van der Waals surface area contributed by atoms with Gasteiger partial charge in [-0.1, -0.05) is 6.07 Å². The zero-order chi connectivity index (χ0) is 22.6. The second kappa shape index (κ2) is 14.5. The van der Waals surface area contributed by atoms with Gasteiger partial charge < -0.3 is 34.3 Å². The van der Waals surface area contributed by atoms with Crippen molar-refractivity contribution < 1.29 is 23.7 Å². The number of rotatable bonds is 11. The van der Waals surface area contributed by atoms with Gasteiger partial charge in [0, 0.05) is 30.4 Å². The van der Waals surface area contributed by atoms with Gasteiger partial charge in [0.2, 0.25) is 5.75 Å². The molecule has 0 amide bonds. The van der Waals surface area contributed by atoms with E-state index in [1.54, 1.807) is 28.4 Å². The van der Waals surface area contributed by atoms with Crippen LogP contribution in [0.1, 0.15) is 19.4 Å². The van der Waals surface area contributed by atoms with E-state index < -0.39 is 0 Å². The van der Waals surface area contributed by atoms with E-state index in [0.29, 0.717) is 54.3 Å². The van der Waals surface area contributed by atoms with E-state index in [0.717, 1.165) is 17.8 Å². The molecule has 0 radical (unpaired) electrons. The fraction of sp³-hybridized carbons (Fsp3) is 0.435. The maximum absolute atomic E-state index is 5.58. The van der Waals surface area contributed by atoms with Crippen molar-refractivity contribution in [3.63, 3.8) is 0 Å². The van der Waals surface area contributed by atoms with E-state index in [9.17, 15) is 0 Å². The smallest absolute Gasteiger partial charge is 0.203 e. The fourth-order valence-corrected chi connectivity index (χ4v) is 3.11. The number of guanidine groups is 1. The lowest BCUT2D eigenvalue weighted by atomic mass is 10.1. The second-order valence-electron chi connectivity index (χ2n) is 6.43. The first-order valence-electron chi connectivity index (χ1n) is 10.3. The molecule has 8 nitrogen and oxygen atoms in total. The highest BCUT2D eigenvalue weighted by molar-refractivity contribution is 14.0. The van der Waals surface area contributed by atoms with Crippen LogP contribution in [0, 0.1) is 0 Å². The van der Waals surface area contributed by atoms with Crippen LogP contribution in [0.3, 0.4) is 0 Å². The number of halogens is 1. The van der Waals surface area contributed by atoms with Crippen molar-refractivity contribution in [2.45, 2.75) is 20.3 Å². The molecule has 0 saturated carbocycles. The minimum absolute atomic E-state index is 0. The molecule has 178 valence electrons. The third-order valence-corrected chi connectivity index (χ3v) is 4.51. The highest BCUT2D eigenvalue weighted by Crippen LogP contribution is 2.39. The van der Waals surface area contributed by atoms with Crippen LogP contribution in [-0.2, 0) is 6.42 Å². The highest BCUT2D eigenvalue weighted by atomic mass is 127. The van der Waals surface area contributed by atoms with Crippen molar-refractivity contribution in [3.05, 3.63) is 35.9 Å². The van der Waals surface area contributed by atoms with Crippen LogP contribution in [0.5, 0.6) is 28.7 Å². The Morgan fingerprint density at radius 1 is 0.844 bits per heavy atom. The molecule has 0 spiro atoms. The average Bonchev–Trinajstić information content (AvgIpc) is 2.79. The minimum Gasteiger partial charge on any atom is -0.493 e. The summed E-state index contributed by atoms with van der Waals surface area (Å²) in [5.41, 5.74) is 1.84. The molecule has 9 heteroatoms. The molecule has 0 saturated heterocycles. The summed E-state index contributed by atoms with van der Waals surface area (Å²) < 4.78 is 27.4. The van der Waals surface area contributed by atoms with Crippen LogP contribution >= 0.6 is 24.0 Å². The number of anilines is 1. The van der Waals surface area contributed by atoms with Crippen LogP contribution < -0.4 is 34.3 Å². The normalized spacial score (nSPS) is 10.6. The number of hydrogen-bond acceptors (Lipinski definition) is 6. The molecule has 32 heavy (non-hydrogen) atoms. The number of hydrogen-bond donors (Lipinski definition) is 2. The zero-order valence-corrected chi connectivity index (χ0v) is 21.9. The number of methoxy groups -OCH3 is 4. The summed E-state index contributed by atoms with van der Waals surface area (Å²) in [6.45, 7) is 5.82. The Labute approximate surface area is 207 Å². The fourth-order valence-electron chi connectivity index (χ4n) is 3.11. The first-order valence-corrected chi connectivity index (χ1v) is 10.3. The summed E-state index contributed by atoms with van der Waals surface area (Å²) in [5, 5.41) is 6.56. The molecule has 0 heterocycles. The van der Waals surface area contributed by atoms with Gasteiger partial charge in [0.05, 0.1) is 35.0 Å². The monoisotopic (exact) mass is 559 g/mol. The van der Waals surface area contributed by atoms with Crippen molar-refractivity contribution in [2.24, 2.45) is 4.99 Å². The summed E-state index contributed by atoms with van der Waals surface area (Å²) in [6.07, 6.45) is 0.673. The molecule has 0 fully saturated rings. The Hall–Kier alpha value is -2.56. The maximum atomic E-state index is 5.58. The Kier molecular flexibility index (Phi) is 12.4. The lowest BCUT2D eigenvalue weighted by Gasteiger charge is -2.16. The van der Waals surface area contributed by atoms with Crippen LogP contribution in [-0.4, -0.2) is 54.1 Å². The molecule has 0 aliphatic rings.